The SMILES string of the molecule is CCC1C(=O)NCCN1C(=O)C(C)NC(=O)C(C)(C)C. The lowest BCUT2D eigenvalue weighted by atomic mass is 9.95. The summed E-state index contributed by atoms with van der Waals surface area (Å²) in [6.45, 7) is 9.85. The van der Waals surface area contributed by atoms with E-state index in [4.69, 9.17) is 0 Å². The fraction of sp³-hybridized carbons (Fsp3) is 0.786. The van der Waals surface area contributed by atoms with Gasteiger partial charge in [-0.2, -0.15) is 0 Å². The molecule has 6 heteroatoms. The van der Waals surface area contributed by atoms with Crippen LogP contribution in [0.3, 0.4) is 0 Å². The number of amides is 3. The summed E-state index contributed by atoms with van der Waals surface area (Å²) in [7, 11) is 0. The molecule has 0 saturated carbocycles. The lowest BCUT2D eigenvalue weighted by Crippen LogP contribution is -2.60. The lowest BCUT2D eigenvalue weighted by Gasteiger charge is -2.36. The van der Waals surface area contributed by atoms with E-state index in [-0.39, 0.29) is 17.7 Å². The van der Waals surface area contributed by atoms with Crippen molar-refractivity contribution in [2.75, 3.05) is 13.1 Å². The predicted molar refractivity (Wildman–Crippen MR) is 75.9 cm³/mol. The first kappa shape index (κ1) is 16.5. The molecule has 0 aromatic rings. The summed E-state index contributed by atoms with van der Waals surface area (Å²) < 4.78 is 0. The first-order chi connectivity index (χ1) is 9.18. The Labute approximate surface area is 120 Å². The third kappa shape index (κ3) is 3.71. The van der Waals surface area contributed by atoms with E-state index in [9.17, 15) is 14.4 Å². The molecule has 1 saturated heterocycles. The highest BCUT2D eigenvalue weighted by Crippen LogP contribution is 2.14. The van der Waals surface area contributed by atoms with Gasteiger partial charge in [0.1, 0.15) is 12.1 Å². The van der Waals surface area contributed by atoms with Gasteiger partial charge in [-0.1, -0.05) is 27.7 Å². The molecule has 2 unspecified atom stereocenters. The Kier molecular flexibility index (Phi) is 5.14. The van der Waals surface area contributed by atoms with E-state index in [1.165, 1.54) is 0 Å². The number of rotatable bonds is 3. The molecule has 0 spiro atoms. The second kappa shape index (κ2) is 6.24. The molecule has 1 fully saturated rings. The van der Waals surface area contributed by atoms with Crippen molar-refractivity contribution in [2.45, 2.75) is 53.1 Å². The molecule has 3 amide bonds. The van der Waals surface area contributed by atoms with Gasteiger partial charge in [0.25, 0.3) is 0 Å². The summed E-state index contributed by atoms with van der Waals surface area (Å²) in [5, 5.41) is 5.47. The maximum absolute atomic E-state index is 12.4. The highest BCUT2D eigenvalue weighted by molar-refractivity contribution is 5.93. The summed E-state index contributed by atoms with van der Waals surface area (Å²) in [4.78, 5) is 37.6. The maximum Gasteiger partial charge on any atom is 0.245 e. The molecular formula is C14H25N3O3. The molecule has 0 aromatic carbocycles. The van der Waals surface area contributed by atoms with Crippen molar-refractivity contribution < 1.29 is 14.4 Å². The average molecular weight is 283 g/mol. The maximum atomic E-state index is 12.4. The fourth-order valence-corrected chi connectivity index (χ4v) is 2.11. The van der Waals surface area contributed by atoms with Crippen LogP contribution in [-0.4, -0.2) is 47.8 Å². The molecule has 114 valence electrons. The number of hydrogen-bond donors (Lipinski definition) is 2. The Morgan fingerprint density at radius 3 is 2.55 bits per heavy atom. The standard InChI is InChI=1S/C14H25N3O3/c1-6-10-11(18)15-7-8-17(10)12(19)9(2)16-13(20)14(3,4)5/h9-10H,6-8H2,1-5H3,(H,15,18)(H,16,20). The van der Waals surface area contributed by atoms with Gasteiger partial charge < -0.3 is 15.5 Å². The zero-order chi connectivity index (χ0) is 15.5. The molecule has 1 aliphatic rings. The molecule has 0 radical (unpaired) electrons. The van der Waals surface area contributed by atoms with Crippen LogP contribution in [0, 0.1) is 5.41 Å². The minimum Gasteiger partial charge on any atom is -0.353 e. The van der Waals surface area contributed by atoms with E-state index in [0.717, 1.165) is 0 Å². The van der Waals surface area contributed by atoms with Crippen LogP contribution in [0.1, 0.15) is 41.0 Å². The number of carbonyl (C=O) groups is 3. The predicted octanol–water partition coefficient (Wildman–Crippen LogP) is 0.274. The number of carbonyl (C=O) groups excluding carboxylic acids is 3. The molecule has 20 heavy (non-hydrogen) atoms. The van der Waals surface area contributed by atoms with Gasteiger partial charge in [-0.3, -0.25) is 14.4 Å². The quantitative estimate of drug-likeness (QED) is 0.780. The zero-order valence-electron chi connectivity index (χ0n) is 12.9. The van der Waals surface area contributed by atoms with Crippen molar-refractivity contribution in [3.8, 4) is 0 Å². The van der Waals surface area contributed by atoms with Crippen LogP contribution in [0.5, 0.6) is 0 Å². The second-order valence-electron chi connectivity index (χ2n) is 6.19. The van der Waals surface area contributed by atoms with Crippen LogP contribution in [-0.2, 0) is 14.4 Å². The molecule has 0 aromatic heterocycles. The number of nitrogens with one attached hydrogen (secondary N) is 2. The van der Waals surface area contributed by atoms with Gasteiger partial charge in [0.2, 0.25) is 17.7 Å². The summed E-state index contributed by atoms with van der Waals surface area (Å²) in [6.07, 6.45) is 0.567. The van der Waals surface area contributed by atoms with Gasteiger partial charge in [0, 0.05) is 18.5 Å². The van der Waals surface area contributed by atoms with Crippen molar-refractivity contribution in [2.24, 2.45) is 5.41 Å². The van der Waals surface area contributed by atoms with Crippen molar-refractivity contribution in [3.05, 3.63) is 0 Å². The summed E-state index contributed by atoms with van der Waals surface area (Å²) in [5.41, 5.74) is -0.544. The molecule has 1 heterocycles. The van der Waals surface area contributed by atoms with Gasteiger partial charge in [-0.05, 0) is 13.3 Å². The highest BCUT2D eigenvalue weighted by atomic mass is 16.2. The molecule has 1 rings (SSSR count). The lowest BCUT2D eigenvalue weighted by molar-refractivity contribution is -0.146. The highest BCUT2D eigenvalue weighted by Gasteiger charge is 2.35. The normalized spacial score (nSPS) is 21.1. The van der Waals surface area contributed by atoms with Crippen molar-refractivity contribution >= 4 is 17.7 Å². The molecule has 2 atom stereocenters. The number of nitrogens with zero attached hydrogens (tertiary/aromatic N) is 1. The van der Waals surface area contributed by atoms with Crippen molar-refractivity contribution in [3.63, 3.8) is 0 Å². The van der Waals surface area contributed by atoms with Crippen LogP contribution in [0.25, 0.3) is 0 Å². The average Bonchev–Trinajstić information content (AvgIpc) is 2.36. The topological polar surface area (TPSA) is 78.5 Å². The zero-order valence-corrected chi connectivity index (χ0v) is 12.9. The monoisotopic (exact) mass is 283 g/mol. The van der Waals surface area contributed by atoms with E-state index in [2.05, 4.69) is 10.6 Å². The molecule has 0 bridgehead atoms. The van der Waals surface area contributed by atoms with Crippen LogP contribution in [0.2, 0.25) is 0 Å². The third-order valence-electron chi connectivity index (χ3n) is 3.40. The van der Waals surface area contributed by atoms with Gasteiger partial charge in [-0.15, -0.1) is 0 Å². The molecule has 2 N–H and O–H groups in total. The van der Waals surface area contributed by atoms with Gasteiger partial charge in [-0.25, -0.2) is 0 Å². The van der Waals surface area contributed by atoms with E-state index in [0.29, 0.717) is 19.5 Å². The van der Waals surface area contributed by atoms with Gasteiger partial charge in [0.05, 0.1) is 0 Å². The third-order valence-corrected chi connectivity index (χ3v) is 3.40. The molecular weight excluding hydrogens is 258 g/mol. The Balaban J connectivity index is 2.73. The fourth-order valence-electron chi connectivity index (χ4n) is 2.11. The first-order valence-corrected chi connectivity index (χ1v) is 7.07. The van der Waals surface area contributed by atoms with Gasteiger partial charge in [0.15, 0.2) is 0 Å². The number of piperazine rings is 1. The summed E-state index contributed by atoms with van der Waals surface area (Å²) in [6, 6.07) is -1.06. The van der Waals surface area contributed by atoms with E-state index < -0.39 is 17.5 Å². The molecule has 6 nitrogen and oxygen atoms in total. The Morgan fingerprint density at radius 1 is 1.45 bits per heavy atom. The van der Waals surface area contributed by atoms with Crippen molar-refractivity contribution in [1.29, 1.82) is 0 Å². The first-order valence-electron chi connectivity index (χ1n) is 7.07. The Morgan fingerprint density at radius 2 is 2.05 bits per heavy atom. The molecule has 0 aliphatic carbocycles. The van der Waals surface area contributed by atoms with Crippen LogP contribution < -0.4 is 10.6 Å². The van der Waals surface area contributed by atoms with E-state index >= 15 is 0 Å². The van der Waals surface area contributed by atoms with E-state index in [1.807, 2.05) is 6.92 Å². The van der Waals surface area contributed by atoms with Crippen LogP contribution >= 0.6 is 0 Å². The number of hydrogen-bond acceptors (Lipinski definition) is 3. The van der Waals surface area contributed by atoms with Crippen molar-refractivity contribution in [1.82, 2.24) is 15.5 Å². The second-order valence-corrected chi connectivity index (χ2v) is 6.19. The minimum absolute atomic E-state index is 0.124. The largest absolute Gasteiger partial charge is 0.353 e. The molecule has 1 aliphatic heterocycles. The summed E-state index contributed by atoms with van der Waals surface area (Å²) >= 11 is 0. The Bertz CT molecular complexity index is 401. The smallest absolute Gasteiger partial charge is 0.245 e. The Hall–Kier alpha value is -1.59. The van der Waals surface area contributed by atoms with Crippen LogP contribution in [0.4, 0.5) is 0 Å². The summed E-state index contributed by atoms with van der Waals surface area (Å²) in [5.74, 6) is -0.501. The minimum atomic E-state index is -0.623. The van der Waals surface area contributed by atoms with Crippen LogP contribution in [0.15, 0.2) is 0 Å². The van der Waals surface area contributed by atoms with Gasteiger partial charge >= 0.3 is 0 Å². The van der Waals surface area contributed by atoms with E-state index in [1.54, 1.807) is 32.6 Å².